The SMILES string of the molecule is CCC(=O)Nc1ccc(C)c(NC(=O)c2cc(Cl)c3c(c2)OCCCO3)c1. The molecule has 0 unspecified atom stereocenters. The van der Waals surface area contributed by atoms with Gasteiger partial charge in [-0.3, -0.25) is 9.59 Å². The van der Waals surface area contributed by atoms with E-state index in [9.17, 15) is 9.59 Å². The van der Waals surface area contributed by atoms with E-state index in [-0.39, 0.29) is 11.8 Å². The van der Waals surface area contributed by atoms with Gasteiger partial charge in [-0.25, -0.2) is 0 Å². The lowest BCUT2D eigenvalue weighted by molar-refractivity contribution is -0.115. The zero-order chi connectivity index (χ0) is 19.4. The molecule has 2 N–H and O–H groups in total. The monoisotopic (exact) mass is 388 g/mol. The number of halogens is 1. The molecular formula is C20H21ClN2O4. The summed E-state index contributed by atoms with van der Waals surface area (Å²) < 4.78 is 11.2. The lowest BCUT2D eigenvalue weighted by atomic mass is 10.1. The summed E-state index contributed by atoms with van der Waals surface area (Å²) in [4.78, 5) is 24.3. The molecule has 0 atom stereocenters. The van der Waals surface area contributed by atoms with Crippen LogP contribution in [0.15, 0.2) is 30.3 Å². The number of aryl methyl sites for hydroxylation is 1. The standard InChI is InChI=1S/C20H21ClN2O4/c1-3-18(24)22-14-6-5-12(2)16(11-14)23-20(25)13-9-15(21)19-17(10-13)26-7-4-8-27-19/h5-6,9-11H,3-4,7-8H2,1-2H3,(H,22,24)(H,23,25). The van der Waals surface area contributed by atoms with Gasteiger partial charge < -0.3 is 20.1 Å². The van der Waals surface area contributed by atoms with Gasteiger partial charge >= 0.3 is 0 Å². The number of amides is 2. The predicted molar refractivity (Wildman–Crippen MR) is 105 cm³/mol. The average molecular weight is 389 g/mol. The van der Waals surface area contributed by atoms with Gasteiger partial charge in [-0.05, 0) is 36.8 Å². The van der Waals surface area contributed by atoms with Gasteiger partial charge in [0.05, 0.1) is 18.2 Å². The maximum atomic E-state index is 12.7. The summed E-state index contributed by atoms with van der Waals surface area (Å²) in [6.07, 6.45) is 1.13. The minimum atomic E-state index is -0.324. The number of anilines is 2. The molecule has 3 rings (SSSR count). The number of carbonyl (C=O) groups excluding carboxylic acids is 2. The van der Waals surface area contributed by atoms with Crippen molar-refractivity contribution in [2.45, 2.75) is 26.7 Å². The molecule has 2 aromatic carbocycles. The van der Waals surface area contributed by atoms with E-state index in [0.29, 0.717) is 53.1 Å². The van der Waals surface area contributed by atoms with Gasteiger partial charge in [0.25, 0.3) is 5.91 Å². The second kappa shape index (κ2) is 8.31. The van der Waals surface area contributed by atoms with Crippen LogP contribution in [-0.2, 0) is 4.79 Å². The van der Waals surface area contributed by atoms with Gasteiger partial charge in [0.2, 0.25) is 5.91 Å². The fourth-order valence-corrected chi connectivity index (χ4v) is 2.91. The summed E-state index contributed by atoms with van der Waals surface area (Å²) in [6, 6.07) is 8.54. The van der Waals surface area contributed by atoms with Crippen molar-refractivity contribution in [2.75, 3.05) is 23.8 Å². The van der Waals surface area contributed by atoms with Crippen LogP contribution in [0.1, 0.15) is 35.7 Å². The first kappa shape index (κ1) is 19.0. The Kier molecular flexibility index (Phi) is 5.86. The molecule has 0 aromatic heterocycles. The second-order valence-electron chi connectivity index (χ2n) is 6.22. The lowest BCUT2D eigenvalue weighted by Crippen LogP contribution is -2.14. The largest absolute Gasteiger partial charge is 0.489 e. The Morgan fingerprint density at radius 1 is 1.11 bits per heavy atom. The molecule has 2 aromatic rings. The molecule has 1 aliphatic rings. The first-order valence-electron chi connectivity index (χ1n) is 8.79. The van der Waals surface area contributed by atoms with E-state index in [1.54, 1.807) is 31.2 Å². The Morgan fingerprint density at radius 2 is 1.89 bits per heavy atom. The van der Waals surface area contributed by atoms with Crippen molar-refractivity contribution in [3.8, 4) is 11.5 Å². The maximum Gasteiger partial charge on any atom is 0.255 e. The van der Waals surface area contributed by atoms with Gasteiger partial charge in [0.1, 0.15) is 0 Å². The van der Waals surface area contributed by atoms with Crippen LogP contribution in [0.5, 0.6) is 11.5 Å². The number of carbonyl (C=O) groups is 2. The average Bonchev–Trinajstić information content (AvgIpc) is 2.90. The Morgan fingerprint density at radius 3 is 2.67 bits per heavy atom. The Hall–Kier alpha value is -2.73. The van der Waals surface area contributed by atoms with Crippen molar-refractivity contribution in [1.29, 1.82) is 0 Å². The Balaban J connectivity index is 1.83. The molecule has 0 aliphatic carbocycles. The zero-order valence-electron chi connectivity index (χ0n) is 15.2. The normalized spacial score (nSPS) is 12.9. The van der Waals surface area contributed by atoms with Crippen molar-refractivity contribution in [2.24, 2.45) is 0 Å². The third kappa shape index (κ3) is 4.52. The molecule has 0 radical (unpaired) electrons. The highest BCUT2D eigenvalue weighted by Gasteiger charge is 2.19. The van der Waals surface area contributed by atoms with Gasteiger partial charge in [-0.15, -0.1) is 0 Å². The van der Waals surface area contributed by atoms with E-state index in [2.05, 4.69) is 10.6 Å². The van der Waals surface area contributed by atoms with Gasteiger partial charge in [-0.2, -0.15) is 0 Å². The highest BCUT2D eigenvalue weighted by molar-refractivity contribution is 6.32. The van der Waals surface area contributed by atoms with Gasteiger partial charge in [0, 0.05) is 29.8 Å². The molecule has 0 saturated carbocycles. The number of benzene rings is 2. The summed E-state index contributed by atoms with van der Waals surface area (Å²) >= 11 is 6.26. The quantitative estimate of drug-likeness (QED) is 0.813. The summed E-state index contributed by atoms with van der Waals surface area (Å²) in [5.74, 6) is 0.512. The number of hydrogen-bond donors (Lipinski definition) is 2. The van der Waals surface area contributed by atoms with E-state index in [0.717, 1.165) is 12.0 Å². The smallest absolute Gasteiger partial charge is 0.255 e. The molecule has 142 valence electrons. The van der Waals surface area contributed by atoms with Crippen LogP contribution in [0, 0.1) is 6.92 Å². The minimum absolute atomic E-state index is 0.0918. The summed E-state index contributed by atoms with van der Waals surface area (Å²) in [5, 5.41) is 5.98. The van der Waals surface area contributed by atoms with Crippen molar-refractivity contribution in [1.82, 2.24) is 0 Å². The summed E-state index contributed by atoms with van der Waals surface area (Å²) in [5.41, 5.74) is 2.47. The van der Waals surface area contributed by atoms with Crippen molar-refractivity contribution < 1.29 is 19.1 Å². The molecule has 1 heterocycles. The lowest BCUT2D eigenvalue weighted by Gasteiger charge is -2.14. The van der Waals surface area contributed by atoms with Crippen LogP contribution in [0.2, 0.25) is 5.02 Å². The minimum Gasteiger partial charge on any atom is -0.489 e. The molecule has 0 saturated heterocycles. The molecule has 1 aliphatic heterocycles. The van der Waals surface area contributed by atoms with E-state index in [4.69, 9.17) is 21.1 Å². The van der Waals surface area contributed by atoms with E-state index < -0.39 is 0 Å². The maximum absolute atomic E-state index is 12.7. The van der Waals surface area contributed by atoms with Crippen molar-refractivity contribution >= 4 is 34.8 Å². The van der Waals surface area contributed by atoms with E-state index in [1.807, 2.05) is 13.0 Å². The van der Waals surface area contributed by atoms with Crippen LogP contribution in [0.4, 0.5) is 11.4 Å². The number of nitrogens with one attached hydrogen (secondary N) is 2. The molecular weight excluding hydrogens is 368 g/mol. The molecule has 0 fully saturated rings. The highest BCUT2D eigenvalue weighted by Crippen LogP contribution is 2.38. The first-order valence-corrected chi connectivity index (χ1v) is 9.16. The van der Waals surface area contributed by atoms with Crippen molar-refractivity contribution in [3.63, 3.8) is 0 Å². The zero-order valence-corrected chi connectivity index (χ0v) is 16.0. The van der Waals surface area contributed by atoms with Crippen molar-refractivity contribution in [3.05, 3.63) is 46.5 Å². The summed E-state index contributed by atoms with van der Waals surface area (Å²) in [6.45, 7) is 4.68. The van der Waals surface area contributed by atoms with Gasteiger partial charge in [-0.1, -0.05) is 24.6 Å². The van der Waals surface area contributed by atoms with Gasteiger partial charge in [0.15, 0.2) is 11.5 Å². The molecule has 7 heteroatoms. The second-order valence-corrected chi connectivity index (χ2v) is 6.63. The molecule has 6 nitrogen and oxygen atoms in total. The van der Waals surface area contributed by atoms with Crippen LogP contribution in [0.25, 0.3) is 0 Å². The van der Waals surface area contributed by atoms with Crippen LogP contribution >= 0.6 is 11.6 Å². The Labute approximate surface area is 162 Å². The number of hydrogen-bond acceptors (Lipinski definition) is 4. The summed E-state index contributed by atoms with van der Waals surface area (Å²) in [7, 11) is 0. The first-order chi connectivity index (χ1) is 13.0. The molecule has 2 amide bonds. The predicted octanol–water partition coefficient (Wildman–Crippen LogP) is 4.41. The number of rotatable bonds is 4. The number of ether oxygens (including phenoxy) is 2. The van der Waals surface area contributed by atoms with Crippen LogP contribution in [-0.4, -0.2) is 25.0 Å². The molecule has 0 spiro atoms. The third-order valence-corrected chi connectivity index (χ3v) is 4.44. The number of fused-ring (bicyclic) bond motifs is 1. The van der Waals surface area contributed by atoms with Crippen LogP contribution < -0.4 is 20.1 Å². The fourth-order valence-electron chi connectivity index (χ4n) is 2.64. The topological polar surface area (TPSA) is 76.7 Å². The molecule has 27 heavy (non-hydrogen) atoms. The highest BCUT2D eigenvalue weighted by atomic mass is 35.5. The van der Waals surface area contributed by atoms with Crippen LogP contribution in [0.3, 0.4) is 0 Å². The fraction of sp³-hybridized carbons (Fsp3) is 0.300. The van der Waals surface area contributed by atoms with E-state index >= 15 is 0 Å². The Bertz CT molecular complexity index is 883. The van der Waals surface area contributed by atoms with E-state index in [1.165, 1.54) is 0 Å². The third-order valence-electron chi connectivity index (χ3n) is 4.15. The molecule has 0 bridgehead atoms.